The smallest absolute Gasteiger partial charge is 0.255 e. The maximum atomic E-state index is 13.7. The average molecular weight is 343 g/mol. The van der Waals surface area contributed by atoms with Gasteiger partial charge < -0.3 is 10.2 Å². The van der Waals surface area contributed by atoms with E-state index in [0.29, 0.717) is 30.4 Å². The molecule has 1 aliphatic heterocycles. The van der Waals surface area contributed by atoms with Crippen LogP contribution in [0, 0.1) is 5.82 Å². The summed E-state index contributed by atoms with van der Waals surface area (Å²) in [6.07, 6.45) is 1.38. The van der Waals surface area contributed by atoms with Gasteiger partial charge in [0.1, 0.15) is 5.82 Å². The summed E-state index contributed by atoms with van der Waals surface area (Å²) < 4.78 is 14.1. The topological polar surface area (TPSA) is 49.4 Å². The van der Waals surface area contributed by atoms with Crippen molar-refractivity contribution in [2.45, 2.75) is 25.8 Å². The second-order valence-corrected chi connectivity index (χ2v) is 5.70. The first-order valence-electron chi connectivity index (χ1n) is 6.49. The number of nitrogens with zero attached hydrogens (tertiary/aromatic N) is 1. The maximum Gasteiger partial charge on any atom is 0.255 e. The number of halogens is 2. The number of piperidine rings is 1. The van der Waals surface area contributed by atoms with E-state index in [1.54, 1.807) is 17.0 Å². The van der Waals surface area contributed by atoms with Gasteiger partial charge in [-0.25, -0.2) is 4.39 Å². The molecule has 1 aromatic rings. The molecule has 0 radical (unpaired) electrons. The largest absolute Gasteiger partial charge is 0.349 e. The van der Waals surface area contributed by atoms with Gasteiger partial charge in [0.15, 0.2) is 0 Å². The molecule has 1 N–H and O–H groups in total. The molecular weight excluding hydrogens is 327 g/mol. The van der Waals surface area contributed by atoms with Gasteiger partial charge >= 0.3 is 0 Å². The van der Waals surface area contributed by atoms with Crippen molar-refractivity contribution in [1.82, 2.24) is 10.2 Å². The van der Waals surface area contributed by atoms with Crippen LogP contribution in [0.4, 0.5) is 4.39 Å². The van der Waals surface area contributed by atoms with E-state index >= 15 is 0 Å². The molecule has 4 nitrogen and oxygen atoms in total. The van der Waals surface area contributed by atoms with E-state index in [1.807, 2.05) is 0 Å². The van der Waals surface area contributed by atoms with Gasteiger partial charge in [-0.15, -0.1) is 0 Å². The lowest BCUT2D eigenvalue weighted by Crippen LogP contribution is -2.46. The molecule has 1 saturated heterocycles. The van der Waals surface area contributed by atoms with Crippen molar-refractivity contribution in [2.75, 3.05) is 13.1 Å². The number of carbonyl (C=O) groups is 2. The first kappa shape index (κ1) is 15.0. The molecule has 1 fully saturated rings. The van der Waals surface area contributed by atoms with Crippen LogP contribution in [0.5, 0.6) is 0 Å². The Morgan fingerprint density at radius 1 is 1.35 bits per heavy atom. The van der Waals surface area contributed by atoms with Crippen molar-refractivity contribution in [2.24, 2.45) is 0 Å². The van der Waals surface area contributed by atoms with Crippen molar-refractivity contribution in [3.63, 3.8) is 0 Å². The normalized spacial score (nSPS) is 16.1. The summed E-state index contributed by atoms with van der Waals surface area (Å²) in [5.41, 5.74) is 0.0292. The van der Waals surface area contributed by atoms with Gasteiger partial charge in [0.25, 0.3) is 5.91 Å². The van der Waals surface area contributed by atoms with Gasteiger partial charge in [0, 0.05) is 30.5 Å². The molecule has 108 valence electrons. The van der Waals surface area contributed by atoms with Crippen LogP contribution in [-0.2, 0) is 4.79 Å². The molecule has 2 amide bonds. The molecule has 6 heteroatoms. The molecule has 0 aromatic heterocycles. The van der Waals surface area contributed by atoms with E-state index in [0.717, 1.165) is 0 Å². The predicted molar refractivity (Wildman–Crippen MR) is 76.8 cm³/mol. The van der Waals surface area contributed by atoms with Crippen LogP contribution in [0.15, 0.2) is 22.7 Å². The lowest BCUT2D eigenvalue weighted by atomic mass is 10.0. The van der Waals surface area contributed by atoms with Gasteiger partial charge in [0.05, 0.1) is 5.56 Å². The van der Waals surface area contributed by atoms with E-state index in [1.165, 1.54) is 13.0 Å². The van der Waals surface area contributed by atoms with Crippen molar-refractivity contribution < 1.29 is 14.0 Å². The molecule has 1 heterocycles. The number of amides is 2. The number of likely N-dealkylation sites (tertiary alicyclic amines) is 1. The predicted octanol–water partition coefficient (Wildman–Crippen LogP) is 2.33. The lowest BCUT2D eigenvalue weighted by Gasteiger charge is -2.31. The molecular formula is C14H16BrFN2O2. The fourth-order valence-corrected chi connectivity index (χ4v) is 2.83. The van der Waals surface area contributed by atoms with Crippen LogP contribution in [0.1, 0.15) is 30.1 Å². The molecule has 0 bridgehead atoms. The number of nitrogens with one attached hydrogen (secondary N) is 1. The van der Waals surface area contributed by atoms with E-state index in [-0.39, 0.29) is 17.5 Å². The Morgan fingerprint density at radius 3 is 2.55 bits per heavy atom. The fourth-order valence-electron chi connectivity index (χ4n) is 2.31. The lowest BCUT2D eigenvalue weighted by molar-refractivity contribution is -0.129. The van der Waals surface area contributed by atoms with Crippen molar-refractivity contribution in [3.8, 4) is 0 Å². The van der Waals surface area contributed by atoms with Crippen LogP contribution >= 0.6 is 15.9 Å². The van der Waals surface area contributed by atoms with Gasteiger partial charge in [-0.05, 0) is 40.9 Å². The Bertz CT molecular complexity index is 508. The third kappa shape index (κ3) is 3.36. The second kappa shape index (κ2) is 6.35. The summed E-state index contributed by atoms with van der Waals surface area (Å²) >= 11 is 3.19. The third-order valence-corrected chi connectivity index (χ3v) is 4.13. The second-order valence-electron chi connectivity index (χ2n) is 4.85. The minimum Gasteiger partial charge on any atom is -0.349 e. The Morgan fingerprint density at radius 2 is 2.00 bits per heavy atom. The molecule has 0 saturated carbocycles. The summed E-state index contributed by atoms with van der Waals surface area (Å²) in [4.78, 5) is 25.1. The first-order valence-corrected chi connectivity index (χ1v) is 7.28. The number of hydrogen-bond donors (Lipinski definition) is 1. The van der Waals surface area contributed by atoms with Gasteiger partial charge in [-0.1, -0.05) is 6.07 Å². The van der Waals surface area contributed by atoms with E-state index < -0.39 is 11.7 Å². The molecule has 1 aliphatic rings. The van der Waals surface area contributed by atoms with Gasteiger partial charge in [-0.2, -0.15) is 0 Å². The molecule has 0 atom stereocenters. The van der Waals surface area contributed by atoms with Crippen LogP contribution in [0.25, 0.3) is 0 Å². The highest BCUT2D eigenvalue weighted by atomic mass is 79.9. The monoisotopic (exact) mass is 342 g/mol. The summed E-state index contributed by atoms with van der Waals surface area (Å²) in [5, 5.41) is 2.83. The standard InChI is InChI=1S/C14H16BrFN2O2/c1-9(19)18-7-5-10(6-8-18)17-14(20)13-11(15)3-2-4-12(13)16/h2-4,10H,5-8H2,1H3,(H,17,20). The number of carbonyl (C=O) groups excluding carboxylic acids is 2. The Balaban J connectivity index is 1.98. The number of hydrogen-bond acceptors (Lipinski definition) is 2. The highest BCUT2D eigenvalue weighted by molar-refractivity contribution is 9.10. The van der Waals surface area contributed by atoms with Gasteiger partial charge in [-0.3, -0.25) is 9.59 Å². The van der Waals surface area contributed by atoms with E-state index in [4.69, 9.17) is 0 Å². The highest BCUT2D eigenvalue weighted by Crippen LogP contribution is 2.20. The zero-order valence-corrected chi connectivity index (χ0v) is 12.7. The van der Waals surface area contributed by atoms with Crippen LogP contribution in [0.2, 0.25) is 0 Å². The SMILES string of the molecule is CC(=O)N1CCC(NC(=O)c2c(F)cccc2Br)CC1. The molecule has 2 rings (SSSR count). The zero-order chi connectivity index (χ0) is 14.7. The average Bonchev–Trinajstić information content (AvgIpc) is 2.39. The zero-order valence-electron chi connectivity index (χ0n) is 11.2. The summed E-state index contributed by atoms with van der Waals surface area (Å²) in [6.45, 7) is 2.78. The minimum absolute atomic E-state index is 0.0235. The Labute approximate surface area is 125 Å². The van der Waals surface area contributed by atoms with E-state index in [2.05, 4.69) is 21.2 Å². The Kier molecular flexibility index (Phi) is 4.75. The minimum atomic E-state index is -0.543. The summed E-state index contributed by atoms with van der Waals surface area (Å²) in [6, 6.07) is 4.42. The maximum absolute atomic E-state index is 13.7. The van der Waals surface area contributed by atoms with Crippen LogP contribution in [-0.4, -0.2) is 35.8 Å². The third-order valence-electron chi connectivity index (χ3n) is 3.47. The first-order chi connectivity index (χ1) is 9.49. The van der Waals surface area contributed by atoms with Crippen LogP contribution < -0.4 is 5.32 Å². The van der Waals surface area contributed by atoms with Gasteiger partial charge in [0.2, 0.25) is 5.91 Å². The Hall–Kier alpha value is -1.43. The molecule has 20 heavy (non-hydrogen) atoms. The number of benzene rings is 1. The van der Waals surface area contributed by atoms with Crippen molar-refractivity contribution in [1.29, 1.82) is 0 Å². The van der Waals surface area contributed by atoms with Crippen molar-refractivity contribution in [3.05, 3.63) is 34.1 Å². The molecule has 0 aliphatic carbocycles. The summed E-state index contributed by atoms with van der Waals surface area (Å²) in [7, 11) is 0. The van der Waals surface area contributed by atoms with E-state index in [9.17, 15) is 14.0 Å². The molecule has 0 spiro atoms. The highest BCUT2D eigenvalue weighted by Gasteiger charge is 2.24. The molecule has 0 unspecified atom stereocenters. The molecule has 1 aromatic carbocycles. The van der Waals surface area contributed by atoms with Crippen LogP contribution in [0.3, 0.4) is 0 Å². The number of rotatable bonds is 2. The van der Waals surface area contributed by atoms with Crippen molar-refractivity contribution >= 4 is 27.7 Å². The quantitative estimate of drug-likeness (QED) is 0.896. The summed E-state index contributed by atoms with van der Waals surface area (Å²) in [5.74, 6) is -0.916. The fraction of sp³-hybridized carbons (Fsp3) is 0.429.